The predicted octanol–water partition coefficient (Wildman–Crippen LogP) is 6.03. The Morgan fingerprint density at radius 3 is 1.92 bits per heavy atom. The predicted molar refractivity (Wildman–Crippen MR) is 151 cm³/mol. The van der Waals surface area contributed by atoms with Gasteiger partial charge in [-0.2, -0.15) is 0 Å². The number of aromatic amines is 1. The first-order valence-corrected chi connectivity index (χ1v) is 11.8. The van der Waals surface area contributed by atoms with Gasteiger partial charge in [0.1, 0.15) is 0 Å². The molecule has 0 fully saturated rings. The molecule has 4 aromatic rings. The van der Waals surface area contributed by atoms with Gasteiger partial charge >= 0.3 is 0 Å². The zero-order chi connectivity index (χ0) is 27.1. The van der Waals surface area contributed by atoms with Crippen molar-refractivity contribution in [3.63, 3.8) is 0 Å². The fourth-order valence-corrected chi connectivity index (χ4v) is 4.14. The lowest BCUT2D eigenvalue weighted by atomic mass is 10.1. The average Bonchev–Trinajstić information content (AvgIpc) is 3.37. The smallest absolute Gasteiger partial charge is 0.248 e. The first kappa shape index (κ1) is 26.2. The summed E-state index contributed by atoms with van der Waals surface area (Å²) in [6.45, 7) is 0. The van der Waals surface area contributed by atoms with Crippen LogP contribution in [0.2, 0.25) is 0 Å². The quantitative estimate of drug-likeness (QED) is 0.198. The molecule has 1 aromatic heterocycles. The number of amides is 1. The summed E-state index contributed by atoms with van der Waals surface area (Å²) >= 11 is 0. The molecule has 0 atom stereocenters. The average molecular weight is 515 g/mol. The summed E-state index contributed by atoms with van der Waals surface area (Å²) in [5.74, 6) is 2.22. The van der Waals surface area contributed by atoms with E-state index in [1.54, 1.807) is 34.5 Å². The highest BCUT2D eigenvalue weighted by Gasteiger charge is 2.15. The lowest BCUT2D eigenvalue weighted by Crippen LogP contribution is -2.09. The molecule has 0 aliphatic rings. The van der Waals surface area contributed by atoms with E-state index in [1.807, 2.05) is 66.9 Å². The van der Waals surface area contributed by atoms with Crippen LogP contribution in [-0.4, -0.2) is 46.4 Å². The number of hydrogen-bond donors (Lipinski definition) is 2. The number of carbonyl (C=O) groups excluding carboxylic acids is 1. The van der Waals surface area contributed by atoms with E-state index in [0.29, 0.717) is 34.4 Å². The van der Waals surface area contributed by atoms with Crippen molar-refractivity contribution in [2.24, 2.45) is 0 Å². The number of H-pyrrole nitrogens is 1. The van der Waals surface area contributed by atoms with Crippen molar-refractivity contribution >= 4 is 40.7 Å². The van der Waals surface area contributed by atoms with Gasteiger partial charge in [-0.15, -0.1) is 0 Å². The van der Waals surface area contributed by atoms with Crippen LogP contribution in [0.3, 0.4) is 0 Å². The highest BCUT2D eigenvalue weighted by atomic mass is 16.5. The Bertz CT molecular complexity index is 1480. The molecule has 1 heterocycles. The minimum Gasteiger partial charge on any atom is -0.493 e. The largest absolute Gasteiger partial charge is 0.493 e. The zero-order valence-electron chi connectivity index (χ0n) is 22.0. The van der Waals surface area contributed by atoms with Crippen molar-refractivity contribution in [3.8, 4) is 28.7 Å². The van der Waals surface area contributed by atoms with Crippen molar-refractivity contribution in [2.45, 2.75) is 0 Å². The summed E-state index contributed by atoms with van der Waals surface area (Å²) in [5, 5.41) is 3.94. The number of anilines is 1. The molecule has 0 aliphatic carbocycles. The van der Waals surface area contributed by atoms with Gasteiger partial charge in [-0.25, -0.2) is 0 Å². The molecule has 4 rings (SSSR count). The lowest BCUT2D eigenvalue weighted by Gasteiger charge is -2.14. The molecule has 0 saturated carbocycles. The number of ether oxygens (including phenoxy) is 5. The van der Waals surface area contributed by atoms with Crippen LogP contribution in [0.5, 0.6) is 28.7 Å². The molecule has 3 aromatic carbocycles. The number of hydrogen-bond acceptors (Lipinski definition) is 6. The van der Waals surface area contributed by atoms with Crippen LogP contribution < -0.4 is 29.0 Å². The number of nitrogens with one attached hydrogen (secondary N) is 2. The standard InChI is InChI=1S/C30H30N2O6/c1-34-25-15-19(10-11-20-16-26(35-2)30(38-5)27(17-20)36-3)14-24(29(25)37-4)32-28(33)13-12-21-18-31-23-9-7-6-8-22(21)23/h6-18,31H,1-5H3,(H,32,33)/b11-10+,13-12+. The number of fused-ring (bicyclic) bond motifs is 1. The fourth-order valence-electron chi connectivity index (χ4n) is 4.14. The Morgan fingerprint density at radius 2 is 1.32 bits per heavy atom. The molecule has 0 unspecified atom stereocenters. The van der Waals surface area contributed by atoms with E-state index in [4.69, 9.17) is 23.7 Å². The Labute approximate surface area is 221 Å². The van der Waals surface area contributed by atoms with Crippen LogP contribution in [-0.2, 0) is 4.79 Å². The number of aromatic nitrogens is 1. The number of benzene rings is 3. The zero-order valence-corrected chi connectivity index (χ0v) is 22.0. The maximum atomic E-state index is 12.8. The summed E-state index contributed by atoms with van der Waals surface area (Å²) in [4.78, 5) is 16.0. The fraction of sp³-hybridized carbons (Fsp3) is 0.167. The minimum atomic E-state index is -0.304. The topological polar surface area (TPSA) is 91.0 Å². The summed E-state index contributed by atoms with van der Waals surface area (Å²) in [6, 6.07) is 15.2. The van der Waals surface area contributed by atoms with Crippen molar-refractivity contribution in [1.82, 2.24) is 4.98 Å². The second-order valence-electron chi connectivity index (χ2n) is 8.21. The SMILES string of the molecule is COc1cc(/C=C/c2cc(OC)c(OC)c(OC)c2)cc(NC(=O)/C=C/c2c[nH]c3ccccc23)c1OC. The van der Waals surface area contributed by atoms with E-state index in [2.05, 4.69) is 10.3 Å². The molecule has 196 valence electrons. The van der Waals surface area contributed by atoms with Gasteiger partial charge in [0, 0.05) is 23.2 Å². The molecule has 0 bridgehead atoms. The monoisotopic (exact) mass is 514 g/mol. The molecule has 0 aliphatic heterocycles. The third-order valence-corrected chi connectivity index (χ3v) is 5.95. The van der Waals surface area contributed by atoms with Gasteiger partial charge in [0.15, 0.2) is 23.0 Å². The van der Waals surface area contributed by atoms with E-state index in [9.17, 15) is 4.79 Å². The van der Waals surface area contributed by atoms with Gasteiger partial charge in [0.25, 0.3) is 0 Å². The molecule has 8 nitrogen and oxygen atoms in total. The van der Waals surface area contributed by atoms with Crippen LogP contribution in [0.15, 0.2) is 60.8 Å². The molecule has 0 spiro atoms. The molecule has 1 amide bonds. The second kappa shape index (κ2) is 11.9. The summed E-state index contributed by atoms with van der Waals surface area (Å²) < 4.78 is 27.4. The highest BCUT2D eigenvalue weighted by molar-refractivity contribution is 6.04. The molecule has 0 radical (unpaired) electrons. The lowest BCUT2D eigenvalue weighted by molar-refractivity contribution is -0.111. The normalized spacial score (nSPS) is 11.2. The number of methoxy groups -OCH3 is 5. The van der Waals surface area contributed by atoms with E-state index in [0.717, 1.165) is 27.6 Å². The number of carbonyl (C=O) groups is 1. The molecular weight excluding hydrogens is 484 g/mol. The van der Waals surface area contributed by atoms with Crippen molar-refractivity contribution in [1.29, 1.82) is 0 Å². The minimum absolute atomic E-state index is 0.304. The summed E-state index contributed by atoms with van der Waals surface area (Å²) in [6.07, 6.45) is 8.91. The molecular formula is C30H30N2O6. The third-order valence-electron chi connectivity index (χ3n) is 5.95. The first-order valence-electron chi connectivity index (χ1n) is 11.8. The van der Waals surface area contributed by atoms with Crippen molar-refractivity contribution in [3.05, 3.63) is 77.5 Å². The number of para-hydroxylation sites is 1. The number of rotatable bonds is 10. The van der Waals surface area contributed by atoms with Gasteiger partial charge in [-0.3, -0.25) is 4.79 Å². The van der Waals surface area contributed by atoms with E-state index in [1.165, 1.54) is 13.2 Å². The second-order valence-corrected chi connectivity index (χ2v) is 8.21. The summed E-state index contributed by atoms with van der Waals surface area (Å²) in [7, 11) is 7.78. The Morgan fingerprint density at radius 1 is 0.737 bits per heavy atom. The van der Waals surface area contributed by atoms with Gasteiger partial charge in [0.2, 0.25) is 11.7 Å². The van der Waals surface area contributed by atoms with Crippen LogP contribution >= 0.6 is 0 Å². The van der Waals surface area contributed by atoms with E-state index in [-0.39, 0.29) is 5.91 Å². The maximum Gasteiger partial charge on any atom is 0.248 e. The van der Waals surface area contributed by atoms with Crippen LogP contribution in [0.1, 0.15) is 16.7 Å². The van der Waals surface area contributed by atoms with Crippen molar-refractivity contribution < 1.29 is 28.5 Å². The van der Waals surface area contributed by atoms with Crippen LogP contribution in [0.25, 0.3) is 29.1 Å². The molecule has 38 heavy (non-hydrogen) atoms. The maximum absolute atomic E-state index is 12.8. The van der Waals surface area contributed by atoms with Crippen LogP contribution in [0.4, 0.5) is 5.69 Å². The molecule has 2 N–H and O–H groups in total. The summed E-state index contributed by atoms with van der Waals surface area (Å²) in [5.41, 5.74) is 4.02. The molecule has 0 saturated heterocycles. The Hall–Kier alpha value is -4.85. The highest BCUT2D eigenvalue weighted by Crippen LogP contribution is 2.40. The Balaban J connectivity index is 1.61. The third kappa shape index (κ3) is 5.59. The van der Waals surface area contributed by atoms with Gasteiger partial charge < -0.3 is 34.0 Å². The van der Waals surface area contributed by atoms with Crippen LogP contribution in [0, 0.1) is 0 Å². The van der Waals surface area contributed by atoms with Crippen molar-refractivity contribution in [2.75, 3.05) is 40.9 Å². The van der Waals surface area contributed by atoms with E-state index < -0.39 is 0 Å². The first-order chi connectivity index (χ1) is 18.5. The van der Waals surface area contributed by atoms with E-state index >= 15 is 0 Å². The van der Waals surface area contributed by atoms with Gasteiger partial charge in [0.05, 0.1) is 41.2 Å². The molecule has 8 heteroatoms. The van der Waals surface area contributed by atoms with Gasteiger partial charge in [-0.1, -0.05) is 30.4 Å². The van der Waals surface area contributed by atoms with Gasteiger partial charge in [-0.05, 0) is 53.1 Å². The Kier molecular flexibility index (Phi) is 8.23.